The van der Waals surface area contributed by atoms with Crippen molar-refractivity contribution in [3.05, 3.63) is 17.8 Å². The average Bonchev–Trinajstić information content (AvgIpc) is 2.47. The highest BCUT2D eigenvalue weighted by molar-refractivity contribution is 5.91. The number of piperidine rings is 1. The van der Waals surface area contributed by atoms with Gasteiger partial charge in [0.05, 0.1) is 0 Å². The molecular formula is C13H21N5O. The van der Waals surface area contributed by atoms with E-state index in [4.69, 9.17) is 0 Å². The number of nitrogens with zero attached hydrogens (tertiary/aromatic N) is 3. The van der Waals surface area contributed by atoms with Crippen LogP contribution in [0, 0.1) is 0 Å². The van der Waals surface area contributed by atoms with Gasteiger partial charge in [-0.15, -0.1) is 10.2 Å². The third kappa shape index (κ3) is 3.01. The van der Waals surface area contributed by atoms with Gasteiger partial charge in [0.2, 0.25) is 0 Å². The number of hydrogen-bond acceptors (Lipinski definition) is 5. The molecule has 104 valence electrons. The van der Waals surface area contributed by atoms with E-state index in [-0.39, 0.29) is 11.4 Å². The van der Waals surface area contributed by atoms with Crippen molar-refractivity contribution in [3.63, 3.8) is 0 Å². The summed E-state index contributed by atoms with van der Waals surface area (Å²) >= 11 is 0. The number of aromatic nitrogens is 2. The highest BCUT2D eigenvalue weighted by atomic mass is 16.1. The zero-order valence-electron chi connectivity index (χ0n) is 11.7. The highest BCUT2D eigenvalue weighted by Crippen LogP contribution is 2.24. The van der Waals surface area contributed by atoms with Gasteiger partial charge in [-0.2, -0.15) is 0 Å². The molecule has 19 heavy (non-hydrogen) atoms. The van der Waals surface area contributed by atoms with E-state index in [0.717, 1.165) is 31.7 Å². The summed E-state index contributed by atoms with van der Waals surface area (Å²) < 4.78 is 0. The number of hydrogen-bond donors (Lipinski definition) is 2. The summed E-state index contributed by atoms with van der Waals surface area (Å²) in [4.78, 5) is 13.6. The number of amides is 1. The first kappa shape index (κ1) is 13.7. The fourth-order valence-corrected chi connectivity index (χ4v) is 2.22. The molecule has 0 saturated carbocycles. The fourth-order valence-electron chi connectivity index (χ4n) is 2.22. The SMILES string of the molecule is CNC(=O)c1ccc(N2CCC(C)(NC)CC2)nn1. The summed E-state index contributed by atoms with van der Waals surface area (Å²) in [5, 5.41) is 14.0. The van der Waals surface area contributed by atoms with Crippen LogP contribution in [-0.2, 0) is 0 Å². The Balaban J connectivity index is 2.02. The first-order valence-corrected chi connectivity index (χ1v) is 6.58. The molecule has 0 spiro atoms. The lowest BCUT2D eigenvalue weighted by molar-refractivity contribution is 0.0957. The van der Waals surface area contributed by atoms with Gasteiger partial charge in [-0.05, 0) is 38.9 Å². The van der Waals surface area contributed by atoms with Crippen LogP contribution in [0.3, 0.4) is 0 Å². The largest absolute Gasteiger partial charge is 0.355 e. The lowest BCUT2D eigenvalue weighted by Gasteiger charge is -2.39. The molecule has 1 saturated heterocycles. The van der Waals surface area contributed by atoms with E-state index in [1.807, 2.05) is 13.1 Å². The second-order valence-corrected chi connectivity index (χ2v) is 5.15. The van der Waals surface area contributed by atoms with E-state index in [1.165, 1.54) is 0 Å². The number of anilines is 1. The predicted molar refractivity (Wildman–Crippen MR) is 74.3 cm³/mol. The molecule has 1 aromatic heterocycles. The summed E-state index contributed by atoms with van der Waals surface area (Å²) in [6.45, 7) is 4.14. The van der Waals surface area contributed by atoms with Crippen molar-refractivity contribution in [1.29, 1.82) is 0 Å². The van der Waals surface area contributed by atoms with Gasteiger partial charge in [0, 0.05) is 25.7 Å². The Morgan fingerprint density at radius 3 is 2.42 bits per heavy atom. The lowest BCUT2D eigenvalue weighted by Crippen LogP contribution is -2.50. The maximum Gasteiger partial charge on any atom is 0.271 e. The lowest BCUT2D eigenvalue weighted by atomic mass is 9.90. The minimum absolute atomic E-state index is 0.208. The van der Waals surface area contributed by atoms with Crippen LogP contribution in [0.5, 0.6) is 0 Å². The molecule has 0 unspecified atom stereocenters. The van der Waals surface area contributed by atoms with Crippen LogP contribution in [0.15, 0.2) is 12.1 Å². The normalized spacial score (nSPS) is 18.2. The van der Waals surface area contributed by atoms with Gasteiger partial charge in [-0.1, -0.05) is 0 Å². The smallest absolute Gasteiger partial charge is 0.271 e. The second-order valence-electron chi connectivity index (χ2n) is 5.15. The van der Waals surface area contributed by atoms with E-state index in [0.29, 0.717) is 5.69 Å². The van der Waals surface area contributed by atoms with Crippen LogP contribution >= 0.6 is 0 Å². The number of nitrogens with one attached hydrogen (secondary N) is 2. The molecule has 1 fully saturated rings. The minimum atomic E-state index is -0.208. The number of rotatable bonds is 3. The van der Waals surface area contributed by atoms with Crippen molar-refractivity contribution in [3.8, 4) is 0 Å². The molecule has 6 heteroatoms. The summed E-state index contributed by atoms with van der Waals surface area (Å²) in [5.41, 5.74) is 0.565. The fraction of sp³-hybridized carbons (Fsp3) is 0.615. The first-order chi connectivity index (χ1) is 9.08. The molecule has 0 aliphatic carbocycles. The van der Waals surface area contributed by atoms with Gasteiger partial charge < -0.3 is 15.5 Å². The zero-order valence-corrected chi connectivity index (χ0v) is 11.7. The third-order valence-corrected chi connectivity index (χ3v) is 3.90. The highest BCUT2D eigenvalue weighted by Gasteiger charge is 2.28. The maximum atomic E-state index is 11.4. The van der Waals surface area contributed by atoms with Gasteiger partial charge in [0.15, 0.2) is 11.5 Å². The Bertz CT molecular complexity index is 437. The van der Waals surface area contributed by atoms with Crippen LogP contribution in [0.25, 0.3) is 0 Å². The average molecular weight is 263 g/mol. The molecule has 1 amide bonds. The molecule has 2 rings (SSSR count). The van der Waals surface area contributed by atoms with Crippen molar-refractivity contribution < 1.29 is 4.79 Å². The zero-order chi connectivity index (χ0) is 13.9. The summed E-state index contributed by atoms with van der Waals surface area (Å²) in [6.07, 6.45) is 2.14. The number of carbonyl (C=O) groups is 1. The van der Waals surface area contributed by atoms with Gasteiger partial charge >= 0.3 is 0 Å². The number of carbonyl (C=O) groups excluding carboxylic acids is 1. The van der Waals surface area contributed by atoms with Gasteiger partial charge in [-0.3, -0.25) is 4.79 Å². The van der Waals surface area contributed by atoms with Crippen molar-refractivity contribution in [2.45, 2.75) is 25.3 Å². The van der Waals surface area contributed by atoms with E-state index in [2.05, 4.69) is 32.7 Å². The Morgan fingerprint density at radius 2 is 1.95 bits per heavy atom. The molecule has 6 nitrogen and oxygen atoms in total. The van der Waals surface area contributed by atoms with Crippen LogP contribution in [0.2, 0.25) is 0 Å². The van der Waals surface area contributed by atoms with E-state index in [1.54, 1.807) is 13.1 Å². The standard InChI is InChI=1S/C13H21N5O/c1-13(15-3)6-8-18(9-7-13)11-5-4-10(16-17-11)12(19)14-2/h4-5,15H,6-9H2,1-3H3,(H,14,19). The topological polar surface area (TPSA) is 70.2 Å². The molecule has 1 aromatic rings. The molecule has 0 atom stereocenters. The molecule has 1 aliphatic rings. The first-order valence-electron chi connectivity index (χ1n) is 6.58. The van der Waals surface area contributed by atoms with Gasteiger partial charge in [0.1, 0.15) is 0 Å². The quantitative estimate of drug-likeness (QED) is 0.827. The Labute approximate surface area is 113 Å². The summed E-state index contributed by atoms with van der Waals surface area (Å²) in [6, 6.07) is 3.58. The maximum absolute atomic E-state index is 11.4. The monoisotopic (exact) mass is 263 g/mol. The molecule has 2 N–H and O–H groups in total. The van der Waals surface area contributed by atoms with Crippen LogP contribution in [0.4, 0.5) is 5.82 Å². The Morgan fingerprint density at radius 1 is 1.26 bits per heavy atom. The Hall–Kier alpha value is -1.69. The van der Waals surface area contributed by atoms with Crippen molar-refractivity contribution in [1.82, 2.24) is 20.8 Å². The van der Waals surface area contributed by atoms with Crippen LogP contribution < -0.4 is 15.5 Å². The van der Waals surface area contributed by atoms with E-state index in [9.17, 15) is 4.79 Å². The predicted octanol–water partition coefficient (Wildman–Crippen LogP) is 0.415. The van der Waals surface area contributed by atoms with Gasteiger partial charge in [-0.25, -0.2) is 0 Å². The summed E-state index contributed by atoms with van der Waals surface area (Å²) in [5.74, 6) is 0.631. The third-order valence-electron chi connectivity index (χ3n) is 3.90. The van der Waals surface area contributed by atoms with E-state index >= 15 is 0 Å². The van der Waals surface area contributed by atoms with Crippen LogP contribution in [0.1, 0.15) is 30.3 Å². The van der Waals surface area contributed by atoms with Crippen molar-refractivity contribution >= 4 is 11.7 Å². The molecule has 0 bridgehead atoms. The Kier molecular flexibility index (Phi) is 3.99. The van der Waals surface area contributed by atoms with Gasteiger partial charge in [0.25, 0.3) is 5.91 Å². The van der Waals surface area contributed by atoms with E-state index < -0.39 is 0 Å². The minimum Gasteiger partial charge on any atom is -0.355 e. The summed E-state index contributed by atoms with van der Waals surface area (Å²) in [7, 11) is 3.59. The molecule has 0 aromatic carbocycles. The van der Waals surface area contributed by atoms with Crippen LogP contribution in [-0.4, -0.2) is 48.8 Å². The second kappa shape index (κ2) is 5.52. The molecule has 1 aliphatic heterocycles. The molecular weight excluding hydrogens is 242 g/mol. The van der Waals surface area contributed by atoms with Crippen molar-refractivity contribution in [2.75, 3.05) is 32.1 Å². The van der Waals surface area contributed by atoms with Crippen molar-refractivity contribution in [2.24, 2.45) is 0 Å². The molecule has 0 radical (unpaired) electrons. The molecule has 2 heterocycles.